The van der Waals surface area contributed by atoms with Gasteiger partial charge in [0.05, 0.1) is 0 Å². The smallest absolute Gasteiger partial charge is 0.270 e. The molecule has 28 heavy (non-hydrogen) atoms. The third-order valence-electron chi connectivity index (χ3n) is 4.27. The number of carbonyl (C=O) groups excluding carboxylic acids is 1. The molecule has 0 aliphatic heterocycles. The monoisotopic (exact) mass is 378 g/mol. The van der Waals surface area contributed by atoms with Crippen LogP contribution in [0.3, 0.4) is 0 Å². The van der Waals surface area contributed by atoms with Crippen molar-refractivity contribution in [3.8, 4) is 0 Å². The van der Waals surface area contributed by atoms with Crippen LogP contribution < -0.4 is 10.6 Å². The summed E-state index contributed by atoms with van der Waals surface area (Å²) in [4.78, 5) is 20.9. The van der Waals surface area contributed by atoms with Crippen LogP contribution in [-0.2, 0) is 12.0 Å². The van der Waals surface area contributed by atoms with E-state index in [0.717, 1.165) is 11.3 Å². The molecule has 0 bridgehead atoms. The second-order valence-electron chi connectivity index (χ2n) is 7.46. The number of aromatic nitrogens is 2. The standard InChI is InChI=1S/C22H23FN4O/c1-22(2,3)16-9-5-7-11-18(16)26-21-24-13-12-19(27-21)20(28)25-14-15-8-4-6-10-17(15)23/h4-13H,14H2,1-3H3,(H,25,28)(H,24,26,27). The lowest BCUT2D eigenvalue weighted by Crippen LogP contribution is -2.24. The van der Waals surface area contributed by atoms with Crippen molar-refractivity contribution in [1.29, 1.82) is 0 Å². The molecule has 0 aliphatic carbocycles. The predicted molar refractivity (Wildman–Crippen MR) is 108 cm³/mol. The molecule has 5 nitrogen and oxygen atoms in total. The number of carbonyl (C=O) groups is 1. The highest BCUT2D eigenvalue weighted by atomic mass is 19.1. The van der Waals surface area contributed by atoms with Crippen LogP contribution in [0.4, 0.5) is 16.0 Å². The van der Waals surface area contributed by atoms with Gasteiger partial charge in [-0.05, 0) is 29.2 Å². The number of rotatable bonds is 5. The van der Waals surface area contributed by atoms with E-state index >= 15 is 0 Å². The van der Waals surface area contributed by atoms with Gasteiger partial charge in [-0.3, -0.25) is 4.79 Å². The van der Waals surface area contributed by atoms with Crippen molar-refractivity contribution in [2.24, 2.45) is 0 Å². The number of nitrogens with one attached hydrogen (secondary N) is 2. The molecule has 0 saturated carbocycles. The number of hydrogen-bond acceptors (Lipinski definition) is 4. The van der Waals surface area contributed by atoms with Crippen molar-refractivity contribution in [2.45, 2.75) is 32.7 Å². The lowest BCUT2D eigenvalue weighted by atomic mass is 9.86. The van der Waals surface area contributed by atoms with Gasteiger partial charge < -0.3 is 10.6 Å². The van der Waals surface area contributed by atoms with E-state index in [1.165, 1.54) is 18.3 Å². The summed E-state index contributed by atoms with van der Waals surface area (Å²) < 4.78 is 13.7. The number of para-hydroxylation sites is 1. The molecule has 3 aromatic rings. The van der Waals surface area contributed by atoms with Crippen LogP contribution in [0.2, 0.25) is 0 Å². The first-order chi connectivity index (χ1) is 13.3. The van der Waals surface area contributed by atoms with Crippen molar-refractivity contribution in [3.05, 3.63) is 83.4 Å². The first-order valence-corrected chi connectivity index (χ1v) is 9.06. The Labute approximate surface area is 164 Å². The van der Waals surface area contributed by atoms with E-state index in [2.05, 4.69) is 41.4 Å². The van der Waals surface area contributed by atoms with E-state index in [-0.39, 0.29) is 23.5 Å². The van der Waals surface area contributed by atoms with Crippen molar-refractivity contribution >= 4 is 17.5 Å². The SMILES string of the molecule is CC(C)(C)c1ccccc1Nc1nccc(C(=O)NCc2ccccc2F)n1. The summed E-state index contributed by atoms with van der Waals surface area (Å²) in [5, 5.41) is 5.88. The normalized spacial score (nSPS) is 11.1. The summed E-state index contributed by atoms with van der Waals surface area (Å²) in [6.07, 6.45) is 1.52. The number of benzene rings is 2. The van der Waals surface area contributed by atoms with Crippen molar-refractivity contribution in [3.63, 3.8) is 0 Å². The van der Waals surface area contributed by atoms with Gasteiger partial charge in [0.25, 0.3) is 5.91 Å². The van der Waals surface area contributed by atoms with E-state index < -0.39 is 5.91 Å². The summed E-state index contributed by atoms with van der Waals surface area (Å²) >= 11 is 0. The van der Waals surface area contributed by atoms with E-state index in [1.807, 2.05) is 24.3 Å². The molecule has 0 saturated heterocycles. The molecule has 144 valence electrons. The molecular formula is C22H23FN4O. The largest absolute Gasteiger partial charge is 0.347 e. The first kappa shape index (κ1) is 19.5. The quantitative estimate of drug-likeness (QED) is 0.682. The molecule has 2 aromatic carbocycles. The van der Waals surface area contributed by atoms with Gasteiger partial charge in [-0.15, -0.1) is 0 Å². The molecule has 0 radical (unpaired) electrons. The Hall–Kier alpha value is -3.28. The van der Waals surface area contributed by atoms with Crippen LogP contribution in [0, 0.1) is 5.82 Å². The van der Waals surface area contributed by atoms with Gasteiger partial charge in [-0.2, -0.15) is 0 Å². The Bertz CT molecular complexity index is 982. The molecule has 1 amide bonds. The highest BCUT2D eigenvalue weighted by Crippen LogP contribution is 2.30. The fourth-order valence-corrected chi connectivity index (χ4v) is 2.82. The van der Waals surface area contributed by atoms with E-state index in [0.29, 0.717) is 11.5 Å². The van der Waals surface area contributed by atoms with Gasteiger partial charge in [0.15, 0.2) is 0 Å². The van der Waals surface area contributed by atoms with E-state index in [1.54, 1.807) is 18.2 Å². The molecule has 1 aromatic heterocycles. The van der Waals surface area contributed by atoms with Crippen LogP contribution in [0.25, 0.3) is 0 Å². The maximum Gasteiger partial charge on any atom is 0.270 e. The molecule has 0 spiro atoms. The Morgan fingerprint density at radius 3 is 2.50 bits per heavy atom. The zero-order valence-electron chi connectivity index (χ0n) is 16.2. The van der Waals surface area contributed by atoms with Crippen molar-refractivity contribution in [2.75, 3.05) is 5.32 Å². The average Bonchev–Trinajstić information content (AvgIpc) is 2.67. The molecule has 0 unspecified atom stereocenters. The Balaban J connectivity index is 1.74. The summed E-state index contributed by atoms with van der Waals surface area (Å²) in [7, 11) is 0. The average molecular weight is 378 g/mol. The molecule has 0 aliphatic rings. The summed E-state index contributed by atoms with van der Waals surface area (Å²) in [5.74, 6) is -0.417. The topological polar surface area (TPSA) is 66.9 Å². The van der Waals surface area contributed by atoms with Crippen LogP contribution in [0.15, 0.2) is 60.8 Å². The first-order valence-electron chi connectivity index (χ1n) is 9.06. The molecule has 3 rings (SSSR count). The lowest BCUT2D eigenvalue weighted by molar-refractivity contribution is 0.0945. The Kier molecular flexibility index (Phi) is 5.68. The fourth-order valence-electron chi connectivity index (χ4n) is 2.82. The molecule has 1 heterocycles. The van der Waals surface area contributed by atoms with E-state index in [9.17, 15) is 9.18 Å². The number of halogens is 1. The fraction of sp³-hybridized carbons (Fsp3) is 0.227. The number of amides is 1. The number of hydrogen-bond donors (Lipinski definition) is 2. The highest BCUT2D eigenvalue weighted by Gasteiger charge is 2.18. The zero-order valence-corrected chi connectivity index (χ0v) is 16.2. The number of anilines is 2. The van der Waals surface area contributed by atoms with Crippen molar-refractivity contribution < 1.29 is 9.18 Å². The summed E-state index contributed by atoms with van der Waals surface area (Å²) in [6.45, 7) is 6.47. The van der Waals surface area contributed by atoms with Crippen LogP contribution in [-0.4, -0.2) is 15.9 Å². The second-order valence-corrected chi connectivity index (χ2v) is 7.46. The van der Waals surface area contributed by atoms with Gasteiger partial charge in [0.2, 0.25) is 5.95 Å². The van der Waals surface area contributed by atoms with Crippen molar-refractivity contribution in [1.82, 2.24) is 15.3 Å². The van der Waals surface area contributed by atoms with Crippen LogP contribution >= 0.6 is 0 Å². The Morgan fingerprint density at radius 1 is 1.04 bits per heavy atom. The van der Waals surface area contributed by atoms with Gasteiger partial charge in [0.1, 0.15) is 11.5 Å². The third-order valence-corrected chi connectivity index (χ3v) is 4.27. The molecular weight excluding hydrogens is 355 g/mol. The van der Waals surface area contributed by atoms with Gasteiger partial charge in [-0.25, -0.2) is 14.4 Å². The van der Waals surface area contributed by atoms with Gasteiger partial charge in [0, 0.05) is 24.0 Å². The second kappa shape index (κ2) is 8.17. The lowest BCUT2D eigenvalue weighted by Gasteiger charge is -2.23. The number of nitrogens with zero attached hydrogens (tertiary/aromatic N) is 2. The van der Waals surface area contributed by atoms with E-state index in [4.69, 9.17) is 0 Å². The highest BCUT2D eigenvalue weighted by molar-refractivity contribution is 5.92. The van der Waals surface area contributed by atoms with Gasteiger partial charge in [-0.1, -0.05) is 57.2 Å². The molecule has 0 atom stereocenters. The summed E-state index contributed by atoms with van der Waals surface area (Å²) in [5.41, 5.74) is 2.58. The minimum Gasteiger partial charge on any atom is -0.347 e. The minimum absolute atomic E-state index is 0.0572. The minimum atomic E-state index is -0.391. The van der Waals surface area contributed by atoms with Crippen LogP contribution in [0.5, 0.6) is 0 Å². The molecule has 6 heteroatoms. The molecule has 2 N–H and O–H groups in total. The maximum absolute atomic E-state index is 13.7. The third kappa shape index (κ3) is 4.71. The van der Waals surface area contributed by atoms with Crippen LogP contribution in [0.1, 0.15) is 42.4 Å². The maximum atomic E-state index is 13.7. The predicted octanol–water partition coefficient (Wildman–Crippen LogP) is 4.59. The zero-order chi connectivity index (χ0) is 20.1. The van der Waals surface area contributed by atoms with Gasteiger partial charge >= 0.3 is 0 Å². The summed E-state index contributed by atoms with van der Waals surface area (Å²) in [6, 6.07) is 15.8. The molecule has 0 fully saturated rings. The Morgan fingerprint density at radius 2 is 1.75 bits per heavy atom.